The van der Waals surface area contributed by atoms with E-state index in [4.69, 9.17) is 0 Å². The van der Waals surface area contributed by atoms with Crippen LogP contribution in [0.25, 0.3) is 11.1 Å². The minimum absolute atomic E-state index is 0.0372. The van der Waals surface area contributed by atoms with Gasteiger partial charge >= 0.3 is 301 Å². The van der Waals surface area contributed by atoms with E-state index in [1.54, 1.807) is 21.0 Å². The molecule has 0 heterocycles. The Morgan fingerprint density at radius 2 is 1.04 bits per heavy atom. The van der Waals surface area contributed by atoms with Gasteiger partial charge in [0.2, 0.25) is 0 Å². The second-order valence-corrected chi connectivity index (χ2v) is 26.9. The van der Waals surface area contributed by atoms with Crippen molar-refractivity contribution < 1.29 is 21.0 Å². The third kappa shape index (κ3) is 6.79. The first-order valence-corrected chi connectivity index (χ1v) is 23.4. The van der Waals surface area contributed by atoms with Crippen LogP contribution in [0.5, 0.6) is 0 Å². The quantitative estimate of drug-likeness (QED) is 0.159. The van der Waals surface area contributed by atoms with Gasteiger partial charge in [-0.05, 0) is 0 Å². The Balaban J connectivity index is 1.71. The average Bonchev–Trinajstić information content (AvgIpc) is 3.66. The first kappa shape index (κ1) is 34.9. The summed E-state index contributed by atoms with van der Waals surface area (Å²) in [6.07, 6.45) is 9.32. The van der Waals surface area contributed by atoms with Gasteiger partial charge in [0.05, 0.1) is 0 Å². The van der Waals surface area contributed by atoms with Gasteiger partial charge < -0.3 is 0 Å². The van der Waals surface area contributed by atoms with Gasteiger partial charge in [-0.25, -0.2) is 0 Å². The Kier molecular flexibility index (Phi) is 9.07. The molecule has 0 N–H and O–H groups in total. The van der Waals surface area contributed by atoms with Crippen molar-refractivity contribution >= 4 is 6.58 Å². The molecule has 0 amide bonds. The first-order chi connectivity index (χ1) is 22.3. The molecule has 6 rings (SSSR count). The molecule has 0 fully saturated rings. The van der Waals surface area contributed by atoms with E-state index in [1.165, 1.54) is 44.5 Å². The molecule has 0 aromatic heterocycles. The van der Waals surface area contributed by atoms with Gasteiger partial charge in [-0.1, -0.05) is 0 Å². The Morgan fingerprint density at radius 3 is 1.50 bits per heavy atom. The molecule has 0 nitrogen and oxygen atoms in total. The summed E-state index contributed by atoms with van der Waals surface area (Å²) in [7, 11) is 0. The third-order valence-corrected chi connectivity index (χ3v) is 21.8. The molecule has 0 saturated carbocycles. The summed E-state index contributed by atoms with van der Waals surface area (Å²) in [4.78, 5) is 0. The van der Waals surface area contributed by atoms with Gasteiger partial charge in [-0.3, -0.25) is 0 Å². The molecule has 0 atom stereocenters. The molecule has 2 aliphatic rings. The molecule has 0 saturated heterocycles. The molecular formula is C47H56Hf. The molecule has 248 valence electrons. The van der Waals surface area contributed by atoms with Crippen LogP contribution in [-0.4, -0.2) is 3.26 Å². The maximum atomic E-state index is 2.51. The van der Waals surface area contributed by atoms with Crippen molar-refractivity contribution in [1.29, 1.82) is 0 Å². The zero-order chi connectivity index (χ0) is 34.8. The fraction of sp³-hybridized carbons (Fsp3) is 0.383. The van der Waals surface area contributed by atoms with Crippen LogP contribution in [0.1, 0.15) is 134 Å². The molecule has 0 spiro atoms. The van der Waals surface area contributed by atoms with Crippen LogP contribution in [0.3, 0.4) is 0 Å². The summed E-state index contributed by atoms with van der Waals surface area (Å²) in [5.41, 5.74) is 15.0. The summed E-state index contributed by atoms with van der Waals surface area (Å²) in [5.74, 6) is 0. The van der Waals surface area contributed by atoms with Crippen LogP contribution in [0.15, 0.2) is 100 Å². The van der Waals surface area contributed by atoms with Crippen LogP contribution >= 0.6 is 0 Å². The van der Waals surface area contributed by atoms with Crippen molar-refractivity contribution in [3.8, 4) is 11.1 Å². The molecule has 48 heavy (non-hydrogen) atoms. The van der Waals surface area contributed by atoms with Crippen LogP contribution in [0, 0.1) is 0 Å². The van der Waals surface area contributed by atoms with Gasteiger partial charge in [-0.15, -0.1) is 0 Å². The van der Waals surface area contributed by atoms with Crippen LogP contribution in [0.4, 0.5) is 0 Å². The second-order valence-electron chi connectivity index (χ2n) is 18.3. The topological polar surface area (TPSA) is 0 Å². The zero-order valence-electron chi connectivity index (χ0n) is 31.7. The van der Waals surface area contributed by atoms with Crippen molar-refractivity contribution in [2.45, 2.75) is 118 Å². The van der Waals surface area contributed by atoms with E-state index >= 15 is 0 Å². The summed E-state index contributed by atoms with van der Waals surface area (Å²) >= 11 is -3.09. The third-order valence-electron chi connectivity index (χ3n) is 10.4. The van der Waals surface area contributed by atoms with E-state index in [2.05, 4.69) is 180 Å². The van der Waals surface area contributed by atoms with Crippen LogP contribution in [0.2, 0.25) is 0 Å². The summed E-state index contributed by atoms with van der Waals surface area (Å²) in [6.45, 7) is 28.2. The van der Waals surface area contributed by atoms with E-state index in [0.29, 0.717) is 0 Å². The molecule has 0 bridgehead atoms. The van der Waals surface area contributed by atoms with Crippen molar-refractivity contribution in [3.63, 3.8) is 0 Å². The molecule has 4 aromatic rings. The van der Waals surface area contributed by atoms with Gasteiger partial charge in [0.15, 0.2) is 0 Å². The molecular weight excluding hydrogens is 743 g/mol. The normalized spacial score (nSPS) is 14.5. The number of benzene rings is 4. The Morgan fingerprint density at radius 1 is 0.542 bits per heavy atom. The van der Waals surface area contributed by atoms with E-state index in [9.17, 15) is 0 Å². The number of allylic oxidation sites excluding steroid dienone is 4. The zero-order valence-corrected chi connectivity index (χ0v) is 35.2. The number of hydrogen-bond donors (Lipinski definition) is 0. The van der Waals surface area contributed by atoms with Crippen LogP contribution in [-0.2, 0) is 49.0 Å². The Bertz CT molecular complexity index is 1890. The summed E-state index contributed by atoms with van der Waals surface area (Å²) < 4.78 is 5.05. The molecule has 0 unspecified atom stereocenters. The van der Waals surface area contributed by atoms with E-state index in [0.717, 1.165) is 12.8 Å². The van der Waals surface area contributed by atoms with Crippen molar-refractivity contribution in [3.05, 3.63) is 145 Å². The molecule has 4 aromatic carbocycles. The van der Waals surface area contributed by atoms with E-state index in [1.807, 2.05) is 0 Å². The fourth-order valence-electron chi connectivity index (χ4n) is 7.46. The van der Waals surface area contributed by atoms with Crippen molar-refractivity contribution in [1.82, 2.24) is 0 Å². The number of rotatable bonds is 4. The Labute approximate surface area is 299 Å². The van der Waals surface area contributed by atoms with E-state index in [-0.39, 0.29) is 21.7 Å². The minimum atomic E-state index is -3.09. The molecule has 0 radical (unpaired) electrons. The van der Waals surface area contributed by atoms with E-state index < -0.39 is 21.0 Å². The Hall–Kier alpha value is -2.90. The average molecular weight is 799 g/mol. The van der Waals surface area contributed by atoms with Crippen LogP contribution < -0.4 is 3.32 Å². The molecule has 1 heteroatoms. The summed E-state index contributed by atoms with van der Waals surface area (Å²) in [6, 6.07) is 31.7. The number of fused-ring (bicyclic) bond motifs is 3. The maximum absolute atomic E-state index is 3.09. The predicted molar refractivity (Wildman–Crippen MR) is 207 cm³/mol. The first-order valence-electron chi connectivity index (χ1n) is 18.0. The fourth-order valence-corrected chi connectivity index (χ4v) is 20.5. The molecule has 2 aliphatic carbocycles. The summed E-state index contributed by atoms with van der Waals surface area (Å²) in [5, 5.41) is 0. The van der Waals surface area contributed by atoms with Gasteiger partial charge in [-0.2, -0.15) is 0 Å². The van der Waals surface area contributed by atoms with Gasteiger partial charge in [0.25, 0.3) is 0 Å². The predicted octanol–water partition coefficient (Wildman–Crippen LogP) is 11.8. The number of hydrogen-bond acceptors (Lipinski definition) is 0. The standard InChI is InChI=1S/C21H25.C21H26.C5H5.Hf/c1-20(2,3)16-7-9-18-14(12-16)11-15-13-17(21(4,5)6)8-10-19(15)18;1-20(2,3)18-11-7-16(8-12-18)15-17-9-13-19(14-10-17)21(4,5)6;1-2-4-5-3-1;/h7-10,12H,11H2,1-6H3;7-14H,1-6H3;1-3H,4H2;. The van der Waals surface area contributed by atoms with Crippen molar-refractivity contribution in [2.24, 2.45) is 0 Å². The van der Waals surface area contributed by atoms with Gasteiger partial charge in [0, 0.05) is 0 Å². The SMILES string of the molecule is CC(C)(C)c1ccc([C](c2ccc(C(C)(C)C)cc2)=[Hf]([C]2=CC=CC2)[c]2c(C(C)(C)C)ccc3c2Cc2cc(C(C)(C)C)ccc2-3)cc1. The second kappa shape index (κ2) is 12.5. The molecule has 0 aliphatic heterocycles. The monoisotopic (exact) mass is 800 g/mol. The van der Waals surface area contributed by atoms with Crippen molar-refractivity contribution in [2.75, 3.05) is 0 Å². The van der Waals surface area contributed by atoms with Gasteiger partial charge in [0.1, 0.15) is 0 Å².